The molecule has 1 fully saturated rings. The van der Waals surface area contributed by atoms with E-state index in [2.05, 4.69) is 10.6 Å². The molecule has 1 saturated heterocycles. The largest absolute Gasteiger partial charge is 0.484 e. The van der Waals surface area contributed by atoms with Crippen LogP contribution in [0.15, 0.2) is 18.2 Å². The zero-order valence-corrected chi connectivity index (χ0v) is 11.6. The van der Waals surface area contributed by atoms with E-state index in [0.29, 0.717) is 18.7 Å². The van der Waals surface area contributed by atoms with Gasteiger partial charge in [0, 0.05) is 25.2 Å². The lowest BCUT2D eigenvalue weighted by molar-refractivity contribution is -0.153. The van der Waals surface area contributed by atoms with E-state index in [9.17, 15) is 18.0 Å². The third-order valence-electron chi connectivity index (χ3n) is 3.22. The van der Waals surface area contributed by atoms with Crippen LogP contribution in [0.3, 0.4) is 0 Å². The predicted octanol–water partition coefficient (Wildman–Crippen LogP) is 1.77. The van der Waals surface area contributed by atoms with E-state index in [1.807, 2.05) is 0 Å². The zero-order valence-electron chi connectivity index (χ0n) is 11.6. The summed E-state index contributed by atoms with van der Waals surface area (Å²) in [5.41, 5.74) is 1.33. The van der Waals surface area contributed by atoms with E-state index in [1.165, 1.54) is 6.07 Å². The quantitative estimate of drug-likeness (QED) is 0.871. The first-order valence-electron chi connectivity index (χ1n) is 6.62. The van der Waals surface area contributed by atoms with Crippen molar-refractivity contribution >= 4 is 5.91 Å². The van der Waals surface area contributed by atoms with Gasteiger partial charge in [-0.25, -0.2) is 0 Å². The Morgan fingerprint density at radius 1 is 1.43 bits per heavy atom. The third kappa shape index (κ3) is 4.63. The minimum absolute atomic E-state index is 0.0602. The lowest BCUT2D eigenvalue weighted by Gasteiger charge is -2.26. The molecule has 1 aliphatic heterocycles. The van der Waals surface area contributed by atoms with Gasteiger partial charge in [-0.2, -0.15) is 13.2 Å². The molecular weight excluding hydrogens is 285 g/mol. The number of alkyl halides is 3. The Kier molecular flexibility index (Phi) is 4.72. The van der Waals surface area contributed by atoms with Crippen LogP contribution in [0.1, 0.15) is 11.1 Å². The van der Waals surface area contributed by atoms with Crippen LogP contribution < -0.4 is 15.4 Å². The average Bonchev–Trinajstić information content (AvgIpc) is 2.32. The molecule has 0 aromatic heterocycles. The Morgan fingerprint density at radius 2 is 2.14 bits per heavy atom. The summed E-state index contributed by atoms with van der Waals surface area (Å²) in [5.74, 6) is -0.00884. The van der Waals surface area contributed by atoms with Gasteiger partial charge in [-0.05, 0) is 18.6 Å². The second kappa shape index (κ2) is 6.34. The summed E-state index contributed by atoms with van der Waals surface area (Å²) in [4.78, 5) is 11.7. The van der Waals surface area contributed by atoms with Crippen molar-refractivity contribution in [2.75, 3.05) is 19.7 Å². The second-order valence-electron chi connectivity index (χ2n) is 5.09. The maximum Gasteiger partial charge on any atom is 0.422 e. The van der Waals surface area contributed by atoms with Gasteiger partial charge in [-0.1, -0.05) is 12.1 Å². The number of hydrogen-bond donors (Lipinski definition) is 2. The molecule has 0 atom stereocenters. The summed E-state index contributed by atoms with van der Waals surface area (Å²) in [7, 11) is 0. The number of nitrogens with one attached hydrogen (secondary N) is 2. The van der Waals surface area contributed by atoms with Crippen molar-refractivity contribution in [3.63, 3.8) is 0 Å². The molecule has 7 heteroatoms. The van der Waals surface area contributed by atoms with Crippen LogP contribution in [-0.2, 0) is 11.3 Å². The van der Waals surface area contributed by atoms with Crippen LogP contribution >= 0.6 is 0 Å². The van der Waals surface area contributed by atoms with Crippen LogP contribution in [-0.4, -0.2) is 31.8 Å². The number of ether oxygens (including phenoxy) is 1. The van der Waals surface area contributed by atoms with E-state index < -0.39 is 12.8 Å². The van der Waals surface area contributed by atoms with Crippen LogP contribution in [0.25, 0.3) is 0 Å². The molecule has 0 bridgehead atoms. The van der Waals surface area contributed by atoms with Crippen molar-refractivity contribution in [2.45, 2.75) is 19.6 Å². The second-order valence-corrected chi connectivity index (χ2v) is 5.09. The highest BCUT2D eigenvalue weighted by atomic mass is 19.4. The Balaban J connectivity index is 1.98. The van der Waals surface area contributed by atoms with Crippen molar-refractivity contribution in [2.24, 2.45) is 5.92 Å². The van der Waals surface area contributed by atoms with Gasteiger partial charge in [0.15, 0.2) is 6.61 Å². The van der Waals surface area contributed by atoms with Gasteiger partial charge in [0.2, 0.25) is 5.91 Å². The van der Waals surface area contributed by atoms with Gasteiger partial charge in [0.25, 0.3) is 0 Å². The minimum Gasteiger partial charge on any atom is -0.484 e. The first kappa shape index (κ1) is 15.6. The SMILES string of the molecule is Cc1ccc(CNC(=O)C2CNC2)c(OCC(F)(F)F)c1. The number of benzene rings is 1. The molecule has 116 valence electrons. The molecule has 1 amide bonds. The Morgan fingerprint density at radius 3 is 2.71 bits per heavy atom. The Labute approximate surface area is 120 Å². The lowest BCUT2D eigenvalue weighted by atomic mass is 10.0. The third-order valence-corrected chi connectivity index (χ3v) is 3.22. The van der Waals surface area contributed by atoms with Gasteiger partial charge < -0.3 is 15.4 Å². The van der Waals surface area contributed by atoms with Crippen LogP contribution in [0.4, 0.5) is 13.2 Å². The first-order valence-corrected chi connectivity index (χ1v) is 6.62. The van der Waals surface area contributed by atoms with E-state index in [-0.39, 0.29) is 24.1 Å². The molecule has 2 rings (SSSR count). The number of hydrogen-bond acceptors (Lipinski definition) is 3. The van der Waals surface area contributed by atoms with Crippen molar-refractivity contribution in [1.29, 1.82) is 0 Å². The van der Waals surface area contributed by atoms with Gasteiger partial charge in [-0.15, -0.1) is 0 Å². The van der Waals surface area contributed by atoms with Crippen molar-refractivity contribution in [1.82, 2.24) is 10.6 Å². The summed E-state index contributed by atoms with van der Waals surface area (Å²) in [6.07, 6.45) is -4.39. The molecular formula is C14H17F3N2O2. The fourth-order valence-corrected chi connectivity index (χ4v) is 1.90. The molecule has 1 aliphatic rings. The molecule has 1 heterocycles. The number of carbonyl (C=O) groups excluding carboxylic acids is 1. The zero-order chi connectivity index (χ0) is 15.5. The van der Waals surface area contributed by atoms with Crippen LogP contribution in [0, 0.1) is 12.8 Å². The van der Waals surface area contributed by atoms with Gasteiger partial charge in [0.05, 0.1) is 5.92 Å². The van der Waals surface area contributed by atoms with Gasteiger partial charge in [0.1, 0.15) is 5.75 Å². The number of aryl methyl sites for hydroxylation is 1. The van der Waals surface area contributed by atoms with Gasteiger partial charge >= 0.3 is 6.18 Å². The van der Waals surface area contributed by atoms with Crippen LogP contribution in [0.5, 0.6) is 5.75 Å². The molecule has 0 saturated carbocycles. The van der Waals surface area contributed by atoms with Crippen LogP contribution in [0.2, 0.25) is 0 Å². The normalized spacial score (nSPS) is 15.4. The van der Waals surface area contributed by atoms with Gasteiger partial charge in [-0.3, -0.25) is 4.79 Å². The fraction of sp³-hybridized carbons (Fsp3) is 0.500. The summed E-state index contributed by atoms with van der Waals surface area (Å²) < 4.78 is 41.6. The highest BCUT2D eigenvalue weighted by Gasteiger charge is 2.29. The molecule has 21 heavy (non-hydrogen) atoms. The molecule has 4 nitrogen and oxygen atoms in total. The first-order chi connectivity index (χ1) is 9.85. The Bertz CT molecular complexity index is 513. The summed E-state index contributed by atoms with van der Waals surface area (Å²) in [5, 5.41) is 5.70. The average molecular weight is 302 g/mol. The van der Waals surface area contributed by atoms with E-state index in [1.54, 1.807) is 19.1 Å². The summed E-state index contributed by atoms with van der Waals surface area (Å²) >= 11 is 0. The fourth-order valence-electron chi connectivity index (χ4n) is 1.90. The standard InChI is InChI=1S/C14H17F3N2O2/c1-9-2-3-10(7-19-13(20)11-5-18-6-11)12(4-9)21-8-14(15,16)17/h2-4,11,18H,5-8H2,1H3,(H,19,20). The molecule has 2 N–H and O–H groups in total. The molecule has 0 aliphatic carbocycles. The monoisotopic (exact) mass is 302 g/mol. The minimum atomic E-state index is -4.39. The lowest BCUT2D eigenvalue weighted by Crippen LogP contribution is -2.50. The Hall–Kier alpha value is -1.76. The number of carbonyl (C=O) groups is 1. The highest BCUT2D eigenvalue weighted by molar-refractivity contribution is 5.80. The number of amides is 1. The maximum atomic E-state index is 12.2. The molecule has 1 aromatic rings. The van der Waals surface area contributed by atoms with E-state index in [0.717, 1.165) is 5.56 Å². The molecule has 0 spiro atoms. The van der Waals surface area contributed by atoms with E-state index >= 15 is 0 Å². The van der Waals surface area contributed by atoms with Crippen molar-refractivity contribution < 1.29 is 22.7 Å². The molecule has 1 aromatic carbocycles. The predicted molar refractivity (Wildman–Crippen MR) is 70.9 cm³/mol. The highest BCUT2D eigenvalue weighted by Crippen LogP contribution is 2.23. The smallest absolute Gasteiger partial charge is 0.422 e. The van der Waals surface area contributed by atoms with Crippen molar-refractivity contribution in [3.05, 3.63) is 29.3 Å². The number of rotatable bonds is 5. The number of halogens is 3. The molecule has 0 unspecified atom stereocenters. The maximum absolute atomic E-state index is 12.2. The molecule has 0 radical (unpaired) electrons. The van der Waals surface area contributed by atoms with Crippen molar-refractivity contribution in [3.8, 4) is 5.75 Å². The topological polar surface area (TPSA) is 50.4 Å². The summed E-state index contributed by atoms with van der Waals surface area (Å²) in [6.45, 7) is 1.85. The van der Waals surface area contributed by atoms with E-state index in [4.69, 9.17) is 4.74 Å². The summed E-state index contributed by atoms with van der Waals surface area (Å²) in [6, 6.07) is 4.98.